The number of hydrogen-bond donors (Lipinski definition) is 2. The Balaban J connectivity index is 2.02. The number of nitrogens with one attached hydrogen (secondary N) is 1. The van der Waals surface area contributed by atoms with Gasteiger partial charge in [0.15, 0.2) is 9.84 Å². The second-order valence-electron chi connectivity index (χ2n) is 5.31. The lowest BCUT2D eigenvalue weighted by atomic mass is 10.1. The van der Waals surface area contributed by atoms with Crippen LogP contribution in [0.3, 0.4) is 0 Å². The second-order valence-corrected chi connectivity index (χ2v) is 7.34. The quantitative estimate of drug-likeness (QED) is 0.811. The summed E-state index contributed by atoms with van der Waals surface area (Å²) in [4.78, 5) is 12.6. The Hall–Kier alpha value is -2.02. The topological polar surface area (TPSA) is 86.7 Å². The zero-order valence-corrected chi connectivity index (χ0v) is 13.1. The number of hydrogen-bond acceptors (Lipinski definition) is 4. The van der Waals surface area contributed by atoms with Crippen molar-refractivity contribution in [2.75, 3.05) is 24.2 Å². The number of rotatable bonds is 5. The maximum atomic E-state index is 11.9. The molecular weight excluding hydrogens is 304 g/mol. The molecule has 6 nitrogen and oxygen atoms in total. The fourth-order valence-corrected chi connectivity index (χ4v) is 3.57. The molecule has 22 heavy (non-hydrogen) atoms. The molecular formula is C15H20N2O4S. The summed E-state index contributed by atoms with van der Waals surface area (Å²) >= 11 is 0. The minimum absolute atomic E-state index is 0.0421. The van der Waals surface area contributed by atoms with Crippen molar-refractivity contribution < 1.29 is 18.3 Å². The minimum atomic E-state index is -3.31. The molecule has 1 atom stereocenters. The summed E-state index contributed by atoms with van der Waals surface area (Å²) < 4.78 is 23.8. The molecule has 1 amide bonds. The van der Waals surface area contributed by atoms with Gasteiger partial charge in [0.2, 0.25) is 0 Å². The van der Waals surface area contributed by atoms with Gasteiger partial charge in [-0.2, -0.15) is 0 Å². The van der Waals surface area contributed by atoms with E-state index in [1.165, 1.54) is 11.0 Å². The van der Waals surface area contributed by atoms with Gasteiger partial charge in [-0.25, -0.2) is 13.2 Å². The molecule has 120 valence electrons. The molecule has 0 unspecified atom stereocenters. The van der Waals surface area contributed by atoms with Crippen LogP contribution in [0.15, 0.2) is 41.8 Å². The lowest BCUT2D eigenvalue weighted by Gasteiger charge is -2.31. The van der Waals surface area contributed by atoms with Gasteiger partial charge < -0.3 is 15.3 Å². The first kappa shape index (κ1) is 16.4. The zero-order valence-electron chi connectivity index (χ0n) is 12.2. The number of carboxylic acid groups (broad SMARTS) is 1. The van der Waals surface area contributed by atoms with E-state index < -0.39 is 15.9 Å². The van der Waals surface area contributed by atoms with Gasteiger partial charge in [0.25, 0.3) is 0 Å². The summed E-state index contributed by atoms with van der Waals surface area (Å²) in [6.07, 6.45) is 2.16. The van der Waals surface area contributed by atoms with Crippen LogP contribution < -0.4 is 5.32 Å². The molecule has 0 bridgehead atoms. The van der Waals surface area contributed by atoms with E-state index in [1.807, 2.05) is 0 Å². The Labute approximate surface area is 130 Å². The van der Waals surface area contributed by atoms with E-state index in [2.05, 4.69) is 11.9 Å². The maximum absolute atomic E-state index is 11.9. The number of sulfone groups is 1. The van der Waals surface area contributed by atoms with Gasteiger partial charge >= 0.3 is 6.09 Å². The number of nitrogens with zero attached hydrogens (tertiary/aromatic N) is 1. The predicted molar refractivity (Wildman–Crippen MR) is 84.9 cm³/mol. The summed E-state index contributed by atoms with van der Waals surface area (Å²) in [7, 11) is -3.31. The molecule has 1 fully saturated rings. The van der Waals surface area contributed by atoms with Crippen LogP contribution in [0.4, 0.5) is 10.5 Å². The third kappa shape index (κ3) is 4.00. The summed E-state index contributed by atoms with van der Waals surface area (Å²) in [5, 5.41) is 12.3. The Kier molecular flexibility index (Phi) is 5.07. The Morgan fingerprint density at radius 1 is 1.41 bits per heavy atom. The SMILES string of the molecule is C=CCS(=O)(=O)c1ccc(N[C@@H]2CCCN(C(=O)O)C2)cc1. The Morgan fingerprint density at radius 3 is 2.68 bits per heavy atom. The first-order chi connectivity index (χ1) is 10.4. The number of anilines is 1. The Morgan fingerprint density at radius 2 is 2.09 bits per heavy atom. The molecule has 0 saturated carbocycles. The molecule has 2 N–H and O–H groups in total. The molecule has 1 heterocycles. The van der Waals surface area contributed by atoms with E-state index >= 15 is 0 Å². The molecule has 1 aliphatic rings. The predicted octanol–water partition coefficient (Wildman–Crippen LogP) is 2.20. The largest absolute Gasteiger partial charge is 0.465 e. The highest BCUT2D eigenvalue weighted by atomic mass is 32.2. The van der Waals surface area contributed by atoms with Crippen molar-refractivity contribution in [3.8, 4) is 0 Å². The molecule has 0 radical (unpaired) electrons. The first-order valence-electron chi connectivity index (χ1n) is 7.10. The third-order valence-electron chi connectivity index (χ3n) is 3.61. The average molecular weight is 324 g/mol. The minimum Gasteiger partial charge on any atom is -0.465 e. The molecule has 0 spiro atoms. The molecule has 1 saturated heterocycles. The first-order valence-corrected chi connectivity index (χ1v) is 8.76. The molecule has 0 aromatic heterocycles. The second kappa shape index (κ2) is 6.83. The van der Waals surface area contributed by atoms with Gasteiger partial charge in [0.1, 0.15) is 0 Å². The number of piperidine rings is 1. The number of benzene rings is 1. The van der Waals surface area contributed by atoms with Gasteiger partial charge in [-0.3, -0.25) is 0 Å². The highest BCUT2D eigenvalue weighted by molar-refractivity contribution is 7.91. The molecule has 1 aromatic carbocycles. The highest BCUT2D eigenvalue weighted by Crippen LogP contribution is 2.19. The fraction of sp³-hybridized carbons (Fsp3) is 0.400. The standard InChI is InChI=1S/C15H20N2O4S/c1-2-10-22(20,21)14-7-5-12(6-8-14)16-13-4-3-9-17(11-13)15(18)19/h2,5-8,13,16H,1,3-4,9-11H2,(H,18,19)/t13-/m1/s1. The van der Waals surface area contributed by atoms with Crippen molar-refractivity contribution >= 4 is 21.6 Å². The molecule has 1 aromatic rings. The van der Waals surface area contributed by atoms with Crippen LogP contribution in [-0.4, -0.2) is 49.4 Å². The van der Waals surface area contributed by atoms with Crippen LogP contribution in [0, 0.1) is 0 Å². The van der Waals surface area contributed by atoms with Crippen molar-refractivity contribution in [1.82, 2.24) is 4.90 Å². The van der Waals surface area contributed by atoms with E-state index in [4.69, 9.17) is 5.11 Å². The van der Waals surface area contributed by atoms with Crippen molar-refractivity contribution in [2.45, 2.75) is 23.8 Å². The Bertz CT molecular complexity index is 640. The monoisotopic (exact) mass is 324 g/mol. The van der Waals surface area contributed by atoms with Gasteiger partial charge in [-0.15, -0.1) is 6.58 Å². The van der Waals surface area contributed by atoms with Gasteiger partial charge in [0, 0.05) is 24.8 Å². The summed E-state index contributed by atoms with van der Waals surface area (Å²) in [5.41, 5.74) is 0.787. The number of amides is 1. The molecule has 7 heteroatoms. The van der Waals surface area contributed by atoms with Crippen LogP contribution in [0.1, 0.15) is 12.8 Å². The van der Waals surface area contributed by atoms with E-state index in [1.54, 1.807) is 24.3 Å². The molecule has 0 aliphatic carbocycles. The average Bonchev–Trinajstić information content (AvgIpc) is 2.48. The fourth-order valence-electron chi connectivity index (χ4n) is 2.51. The van der Waals surface area contributed by atoms with E-state index in [0.717, 1.165) is 18.5 Å². The number of carbonyl (C=O) groups is 1. The van der Waals surface area contributed by atoms with Crippen molar-refractivity contribution in [1.29, 1.82) is 0 Å². The maximum Gasteiger partial charge on any atom is 0.407 e. The van der Waals surface area contributed by atoms with Crippen molar-refractivity contribution in [2.24, 2.45) is 0 Å². The molecule has 1 aliphatic heterocycles. The number of likely N-dealkylation sites (tertiary alicyclic amines) is 1. The van der Waals surface area contributed by atoms with E-state index in [9.17, 15) is 13.2 Å². The molecule has 2 rings (SSSR count). The van der Waals surface area contributed by atoms with Crippen molar-refractivity contribution in [3.63, 3.8) is 0 Å². The van der Waals surface area contributed by atoms with E-state index in [0.29, 0.717) is 13.1 Å². The normalized spacial score (nSPS) is 18.7. The van der Waals surface area contributed by atoms with Crippen molar-refractivity contribution in [3.05, 3.63) is 36.9 Å². The summed E-state index contributed by atoms with van der Waals surface area (Å²) in [6.45, 7) is 4.44. The lowest BCUT2D eigenvalue weighted by molar-refractivity contribution is 0.133. The highest BCUT2D eigenvalue weighted by Gasteiger charge is 2.23. The zero-order chi connectivity index (χ0) is 16.2. The third-order valence-corrected chi connectivity index (χ3v) is 5.28. The van der Waals surface area contributed by atoms with Crippen LogP contribution in [0.2, 0.25) is 0 Å². The summed E-state index contributed by atoms with van der Waals surface area (Å²) in [5.74, 6) is -0.0873. The van der Waals surface area contributed by atoms with Gasteiger partial charge in [0.05, 0.1) is 10.6 Å². The van der Waals surface area contributed by atoms with Gasteiger partial charge in [-0.1, -0.05) is 6.08 Å². The van der Waals surface area contributed by atoms with Crippen LogP contribution in [0.5, 0.6) is 0 Å². The van der Waals surface area contributed by atoms with Gasteiger partial charge in [-0.05, 0) is 37.1 Å². The smallest absolute Gasteiger partial charge is 0.407 e. The lowest BCUT2D eigenvalue weighted by Crippen LogP contribution is -2.44. The summed E-state index contributed by atoms with van der Waals surface area (Å²) in [6, 6.07) is 6.56. The van der Waals surface area contributed by atoms with E-state index in [-0.39, 0.29) is 16.7 Å². The van der Waals surface area contributed by atoms with Crippen LogP contribution in [-0.2, 0) is 9.84 Å². The van der Waals surface area contributed by atoms with Crippen LogP contribution in [0.25, 0.3) is 0 Å². The van der Waals surface area contributed by atoms with Crippen LogP contribution >= 0.6 is 0 Å².